The Morgan fingerprint density at radius 3 is 2.08 bits per heavy atom. The molecule has 0 spiro atoms. The Kier molecular flexibility index (Phi) is 5.31. The maximum atomic E-state index is 10.3. The summed E-state index contributed by atoms with van der Waals surface area (Å²) < 4.78 is 23.9. The Morgan fingerprint density at radius 2 is 1.46 bits per heavy atom. The molecule has 2 N–H and O–H groups in total. The van der Waals surface area contributed by atoms with Gasteiger partial charge in [0.05, 0.1) is 13.2 Å². The van der Waals surface area contributed by atoms with Gasteiger partial charge in [-0.1, -0.05) is 60.7 Å². The van der Waals surface area contributed by atoms with E-state index >= 15 is 0 Å². The minimum atomic E-state index is -1.08. The number of aliphatic hydroxyl groups is 2. The average molecular weight is 358 g/mol. The van der Waals surface area contributed by atoms with Crippen molar-refractivity contribution in [2.45, 2.75) is 37.0 Å². The van der Waals surface area contributed by atoms with E-state index in [-0.39, 0.29) is 0 Å². The van der Waals surface area contributed by atoms with E-state index in [1.807, 2.05) is 60.7 Å². The van der Waals surface area contributed by atoms with Gasteiger partial charge in [0.2, 0.25) is 0 Å². The van der Waals surface area contributed by atoms with Gasteiger partial charge in [-0.3, -0.25) is 0 Å². The first-order valence-corrected chi connectivity index (χ1v) is 8.73. The second-order valence-electron chi connectivity index (χ2n) is 6.44. The number of benzene rings is 2. The molecule has 6 atom stereocenters. The van der Waals surface area contributed by atoms with Gasteiger partial charge in [0.1, 0.15) is 24.4 Å². The van der Waals surface area contributed by atoms with Crippen molar-refractivity contribution in [3.05, 3.63) is 71.8 Å². The molecule has 0 amide bonds. The van der Waals surface area contributed by atoms with Crippen LogP contribution in [0.15, 0.2) is 60.7 Å². The van der Waals surface area contributed by atoms with Crippen LogP contribution in [0, 0.1) is 0 Å². The van der Waals surface area contributed by atoms with Crippen molar-refractivity contribution in [2.24, 2.45) is 0 Å². The van der Waals surface area contributed by atoms with E-state index in [2.05, 4.69) is 0 Å². The summed E-state index contributed by atoms with van der Waals surface area (Å²) in [6.07, 6.45) is -3.96. The number of hydrogen-bond acceptors (Lipinski definition) is 6. The first kappa shape index (κ1) is 17.6. The maximum Gasteiger partial charge on any atom is 0.184 e. The van der Waals surface area contributed by atoms with Crippen LogP contribution in [0.5, 0.6) is 0 Å². The fourth-order valence-electron chi connectivity index (χ4n) is 3.33. The zero-order chi connectivity index (χ0) is 17.9. The summed E-state index contributed by atoms with van der Waals surface area (Å²) in [6, 6.07) is 19.1. The zero-order valence-corrected chi connectivity index (χ0v) is 14.2. The van der Waals surface area contributed by atoms with E-state index in [4.69, 9.17) is 18.9 Å². The van der Waals surface area contributed by atoms with E-state index < -0.39 is 43.6 Å². The topological polar surface area (TPSA) is 77.4 Å². The second kappa shape index (κ2) is 7.84. The highest BCUT2D eigenvalue weighted by Crippen LogP contribution is 2.38. The zero-order valence-electron chi connectivity index (χ0n) is 14.2. The quantitative estimate of drug-likeness (QED) is 0.870. The highest BCUT2D eigenvalue weighted by molar-refractivity contribution is 5.18. The Morgan fingerprint density at radius 1 is 0.846 bits per heavy atom. The molecule has 2 saturated heterocycles. The van der Waals surface area contributed by atoms with E-state index in [9.17, 15) is 10.2 Å². The molecule has 6 heteroatoms. The summed E-state index contributed by atoms with van der Waals surface area (Å²) >= 11 is 0. The Bertz CT molecular complexity index is 692. The molecule has 138 valence electrons. The number of aliphatic hydroxyl groups excluding tert-OH is 2. The van der Waals surface area contributed by atoms with Gasteiger partial charge in [0.25, 0.3) is 0 Å². The molecule has 0 radical (unpaired) electrons. The Labute approximate surface area is 151 Å². The molecule has 0 bridgehead atoms. The van der Waals surface area contributed by atoms with Crippen LogP contribution < -0.4 is 0 Å². The minimum Gasteiger partial charge on any atom is -0.394 e. The lowest BCUT2D eigenvalue weighted by Gasteiger charge is -2.47. The Hall–Kier alpha value is -1.80. The van der Waals surface area contributed by atoms with Crippen LogP contribution in [0.3, 0.4) is 0 Å². The monoisotopic (exact) mass is 358 g/mol. The molecule has 0 saturated carbocycles. The Balaban J connectivity index is 1.56. The maximum absolute atomic E-state index is 10.3. The largest absolute Gasteiger partial charge is 0.394 e. The predicted octanol–water partition coefficient (Wildman–Crippen LogP) is 1.94. The van der Waals surface area contributed by atoms with Crippen LogP contribution in [0.4, 0.5) is 0 Å². The number of fused-ring (bicyclic) bond motifs is 1. The van der Waals surface area contributed by atoms with Crippen LogP contribution in [0.2, 0.25) is 0 Å². The van der Waals surface area contributed by atoms with Gasteiger partial charge in [-0.15, -0.1) is 0 Å². The summed E-state index contributed by atoms with van der Waals surface area (Å²) in [5.41, 5.74) is 1.72. The molecular weight excluding hydrogens is 336 g/mol. The van der Waals surface area contributed by atoms with E-state index in [1.54, 1.807) is 0 Å². The first-order valence-electron chi connectivity index (χ1n) is 8.73. The SMILES string of the molecule is OC[C@H](O)[C@@H]1OC(c2ccccc2)O[C@@H]2COC(c3ccccc3)O[C@H]12. The van der Waals surface area contributed by atoms with Gasteiger partial charge in [0.15, 0.2) is 12.6 Å². The van der Waals surface area contributed by atoms with Crippen LogP contribution in [0.25, 0.3) is 0 Å². The number of ether oxygens (including phenoxy) is 4. The van der Waals surface area contributed by atoms with Gasteiger partial charge in [0, 0.05) is 11.1 Å². The molecule has 2 fully saturated rings. The number of hydrogen-bond donors (Lipinski definition) is 2. The molecule has 4 rings (SSSR count). The molecule has 2 aromatic rings. The molecule has 0 aliphatic carbocycles. The molecule has 0 aromatic heterocycles. The second-order valence-corrected chi connectivity index (χ2v) is 6.44. The third-order valence-electron chi connectivity index (χ3n) is 4.67. The molecule has 2 heterocycles. The average Bonchev–Trinajstić information content (AvgIpc) is 2.73. The van der Waals surface area contributed by atoms with Crippen molar-refractivity contribution < 1.29 is 29.2 Å². The van der Waals surface area contributed by atoms with Crippen molar-refractivity contribution in [3.8, 4) is 0 Å². The third-order valence-corrected chi connectivity index (χ3v) is 4.67. The lowest BCUT2D eigenvalue weighted by molar-refractivity contribution is -0.373. The number of rotatable bonds is 4. The summed E-state index contributed by atoms with van der Waals surface area (Å²) in [7, 11) is 0. The van der Waals surface area contributed by atoms with Crippen LogP contribution in [-0.2, 0) is 18.9 Å². The van der Waals surface area contributed by atoms with Crippen LogP contribution in [-0.4, -0.2) is 47.8 Å². The third kappa shape index (κ3) is 3.53. The standard InChI is InChI=1S/C20H22O6/c21-11-15(22)17-18-16(24-20(25-17)14-9-5-2-6-10-14)12-23-19(26-18)13-7-3-1-4-8-13/h1-10,15-22H,11-12H2/t15-,16+,17-,18-,19?,20?/m0/s1. The van der Waals surface area contributed by atoms with Crippen molar-refractivity contribution in [1.29, 1.82) is 0 Å². The molecule has 2 aliphatic heterocycles. The molecular formula is C20H22O6. The fraction of sp³-hybridized carbons (Fsp3) is 0.400. The molecule has 6 nitrogen and oxygen atoms in total. The van der Waals surface area contributed by atoms with Gasteiger partial charge >= 0.3 is 0 Å². The van der Waals surface area contributed by atoms with Crippen molar-refractivity contribution in [1.82, 2.24) is 0 Å². The fourth-order valence-corrected chi connectivity index (χ4v) is 3.33. The van der Waals surface area contributed by atoms with Crippen molar-refractivity contribution >= 4 is 0 Å². The van der Waals surface area contributed by atoms with Gasteiger partial charge < -0.3 is 29.2 Å². The van der Waals surface area contributed by atoms with Crippen LogP contribution in [0.1, 0.15) is 23.7 Å². The van der Waals surface area contributed by atoms with E-state index in [0.29, 0.717) is 6.61 Å². The van der Waals surface area contributed by atoms with E-state index in [1.165, 1.54) is 0 Å². The smallest absolute Gasteiger partial charge is 0.184 e. The van der Waals surface area contributed by atoms with Gasteiger partial charge in [-0.2, -0.15) is 0 Å². The highest BCUT2D eigenvalue weighted by atomic mass is 16.8. The lowest BCUT2D eigenvalue weighted by Crippen LogP contribution is -2.58. The normalized spacial score (nSPS) is 32.6. The lowest BCUT2D eigenvalue weighted by atomic mass is 9.99. The summed E-state index contributed by atoms with van der Waals surface area (Å²) in [5.74, 6) is 0. The van der Waals surface area contributed by atoms with Crippen LogP contribution >= 0.6 is 0 Å². The molecule has 2 aliphatic rings. The highest BCUT2D eigenvalue weighted by Gasteiger charge is 2.48. The molecule has 2 aromatic carbocycles. The minimum absolute atomic E-state index is 0.311. The van der Waals surface area contributed by atoms with Gasteiger partial charge in [-0.05, 0) is 0 Å². The molecule has 2 unspecified atom stereocenters. The van der Waals surface area contributed by atoms with Gasteiger partial charge in [-0.25, -0.2) is 0 Å². The summed E-state index contributed by atoms with van der Waals surface area (Å²) in [6.45, 7) is -0.110. The first-order chi connectivity index (χ1) is 12.8. The van der Waals surface area contributed by atoms with E-state index in [0.717, 1.165) is 11.1 Å². The summed E-state index contributed by atoms with van der Waals surface area (Å²) in [4.78, 5) is 0. The predicted molar refractivity (Wildman–Crippen MR) is 92.0 cm³/mol. The van der Waals surface area contributed by atoms with Crippen molar-refractivity contribution in [2.75, 3.05) is 13.2 Å². The summed E-state index contributed by atoms with van der Waals surface area (Å²) in [5, 5.41) is 19.8. The molecule has 26 heavy (non-hydrogen) atoms. The van der Waals surface area contributed by atoms with Crippen molar-refractivity contribution in [3.63, 3.8) is 0 Å².